The van der Waals surface area contributed by atoms with Crippen molar-refractivity contribution in [1.29, 1.82) is 0 Å². The van der Waals surface area contributed by atoms with E-state index >= 15 is 0 Å². The monoisotopic (exact) mass is 559 g/mol. The number of para-hydroxylation sites is 3. The molecule has 1 heterocycles. The lowest BCUT2D eigenvalue weighted by Gasteiger charge is -2.26. The van der Waals surface area contributed by atoms with E-state index < -0.39 is 0 Å². The number of allylic oxidation sites excluding steroid dienone is 2. The molecule has 3 atom stereocenters. The predicted octanol–water partition coefficient (Wildman–Crippen LogP) is 9.62. The van der Waals surface area contributed by atoms with E-state index in [-0.39, 0.29) is 18.0 Å². The fraction of sp³-hybridized carbons (Fsp3) is 0.103. The normalized spacial score (nSPS) is 17.4. The zero-order valence-corrected chi connectivity index (χ0v) is 24.0. The van der Waals surface area contributed by atoms with Crippen LogP contribution < -0.4 is 11.1 Å². The maximum Gasteiger partial charge on any atom is 0.136 e. The Labute approximate surface area is 251 Å². The number of furan rings is 1. The Morgan fingerprint density at radius 3 is 2.42 bits per heavy atom. The minimum atomic E-state index is -0.231. The molecule has 0 saturated heterocycles. The van der Waals surface area contributed by atoms with Gasteiger partial charge in [0.05, 0.1) is 17.8 Å². The first kappa shape index (κ1) is 26.7. The highest BCUT2D eigenvalue weighted by molar-refractivity contribution is 6.06. The largest absolute Gasteiger partial charge is 0.456 e. The molecule has 3 N–H and O–H groups in total. The van der Waals surface area contributed by atoms with Crippen molar-refractivity contribution in [2.45, 2.75) is 19.0 Å². The van der Waals surface area contributed by atoms with Gasteiger partial charge in [-0.2, -0.15) is 0 Å². The maximum absolute atomic E-state index is 6.62. The van der Waals surface area contributed by atoms with Crippen LogP contribution in [0.1, 0.15) is 24.1 Å². The molecule has 0 fully saturated rings. The molecule has 0 spiro atoms. The molecule has 0 radical (unpaired) electrons. The van der Waals surface area contributed by atoms with Crippen molar-refractivity contribution in [3.8, 4) is 11.1 Å². The van der Waals surface area contributed by atoms with Crippen LogP contribution in [0.15, 0.2) is 155 Å². The highest BCUT2D eigenvalue weighted by Crippen LogP contribution is 2.36. The van der Waals surface area contributed by atoms with E-state index in [4.69, 9.17) is 15.1 Å². The summed E-state index contributed by atoms with van der Waals surface area (Å²) in [5, 5.41) is 6.07. The Kier molecular flexibility index (Phi) is 7.20. The van der Waals surface area contributed by atoms with E-state index in [0.29, 0.717) is 0 Å². The number of anilines is 1. The summed E-state index contributed by atoms with van der Waals surface area (Å²) < 4.78 is 6.17. The summed E-state index contributed by atoms with van der Waals surface area (Å²) >= 11 is 0. The van der Waals surface area contributed by atoms with Gasteiger partial charge in [0.2, 0.25) is 0 Å². The molecule has 5 aromatic carbocycles. The summed E-state index contributed by atoms with van der Waals surface area (Å²) in [4.78, 5) is 4.86. The lowest BCUT2D eigenvalue weighted by molar-refractivity contribution is 0.658. The van der Waals surface area contributed by atoms with Crippen molar-refractivity contribution in [2.75, 3.05) is 5.32 Å². The SMILES string of the molecule is CC1C=C(/C=N/c2ccccc2C(N)c2ccccc2)C=CC1Nc1ccccc1-c1ccc2c(c1)oc1ccccc12. The summed E-state index contributed by atoms with van der Waals surface area (Å²) in [5.41, 5.74) is 15.8. The first-order chi connectivity index (χ1) is 21.1. The fourth-order valence-electron chi connectivity index (χ4n) is 5.90. The molecular weight excluding hydrogens is 526 g/mol. The molecule has 1 aromatic heterocycles. The zero-order chi connectivity index (χ0) is 29.2. The number of fused-ring (bicyclic) bond motifs is 3. The number of nitrogens with one attached hydrogen (secondary N) is 1. The van der Waals surface area contributed by atoms with Gasteiger partial charge >= 0.3 is 0 Å². The Hall–Kier alpha value is -5.19. The van der Waals surface area contributed by atoms with Crippen LogP contribution in [0, 0.1) is 5.92 Å². The molecule has 0 saturated carbocycles. The van der Waals surface area contributed by atoms with Crippen LogP contribution in [0.2, 0.25) is 0 Å². The van der Waals surface area contributed by atoms with Crippen molar-refractivity contribution >= 4 is 39.5 Å². The summed E-state index contributed by atoms with van der Waals surface area (Å²) in [5.74, 6) is 0.263. The minimum Gasteiger partial charge on any atom is -0.456 e. The summed E-state index contributed by atoms with van der Waals surface area (Å²) in [7, 11) is 0. The summed E-state index contributed by atoms with van der Waals surface area (Å²) in [6.45, 7) is 2.23. The number of benzene rings is 5. The molecule has 0 amide bonds. The average molecular weight is 560 g/mol. The second-order valence-electron chi connectivity index (χ2n) is 11.1. The van der Waals surface area contributed by atoms with Crippen LogP contribution in [-0.4, -0.2) is 12.3 Å². The van der Waals surface area contributed by atoms with E-state index in [2.05, 4.69) is 103 Å². The lowest BCUT2D eigenvalue weighted by atomic mass is 9.92. The second kappa shape index (κ2) is 11.6. The highest BCUT2D eigenvalue weighted by Gasteiger charge is 2.19. The number of aliphatic imine (C=N–C) groups is 1. The number of hydrogen-bond acceptors (Lipinski definition) is 4. The van der Waals surface area contributed by atoms with Crippen molar-refractivity contribution < 1.29 is 4.42 Å². The van der Waals surface area contributed by atoms with E-state index in [9.17, 15) is 0 Å². The van der Waals surface area contributed by atoms with Gasteiger partial charge in [0.15, 0.2) is 0 Å². The van der Waals surface area contributed by atoms with Crippen molar-refractivity contribution in [1.82, 2.24) is 0 Å². The predicted molar refractivity (Wildman–Crippen MR) is 180 cm³/mol. The van der Waals surface area contributed by atoms with Gasteiger partial charge in [-0.1, -0.05) is 116 Å². The Bertz CT molecular complexity index is 2000. The minimum absolute atomic E-state index is 0.145. The molecule has 0 bridgehead atoms. The van der Waals surface area contributed by atoms with Crippen molar-refractivity contribution in [3.63, 3.8) is 0 Å². The molecular formula is C39H33N3O. The van der Waals surface area contributed by atoms with Crippen LogP contribution >= 0.6 is 0 Å². The van der Waals surface area contributed by atoms with E-state index in [1.165, 1.54) is 0 Å². The Balaban J connectivity index is 1.09. The lowest BCUT2D eigenvalue weighted by Crippen LogP contribution is -2.26. The molecule has 6 aromatic rings. The molecule has 3 unspecified atom stereocenters. The average Bonchev–Trinajstić information content (AvgIpc) is 3.43. The smallest absolute Gasteiger partial charge is 0.136 e. The van der Waals surface area contributed by atoms with Gasteiger partial charge in [-0.15, -0.1) is 0 Å². The van der Waals surface area contributed by atoms with Gasteiger partial charge in [-0.05, 0) is 58.5 Å². The van der Waals surface area contributed by atoms with Crippen molar-refractivity contribution in [2.24, 2.45) is 16.6 Å². The molecule has 7 rings (SSSR count). The molecule has 210 valence electrons. The summed E-state index contributed by atoms with van der Waals surface area (Å²) in [6.07, 6.45) is 8.58. The summed E-state index contributed by atoms with van der Waals surface area (Å²) in [6, 6.07) is 41.3. The fourth-order valence-corrected chi connectivity index (χ4v) is 5.90. The van der Waals surface area contributed by atoms with Crippen LogP contribution in [0.4, 0.5) is 11.4 Å². The van der Waals surface area contributed by atoms with Crippen LogP contribution in [0.3, 0.4) is 0 Å². The standard InChI is InChI=1S/C39H33N3O/c1-26-23-27(25-41-35-16-8-6-15-33(35)39(40)28-11-3-2-4-12-28)19-22-34(26)42-36-17-9-5-13-30(36)29-20-21-32-31-14-7-10-18-37(31)43-38(32)24-29/h2-26,34,39,42H,40H2,1H3/b41-25+. The first-order valence-electron chi connectivity index (χ1n) is 14.7. The molecule has 43 heavy (non-hydrogen) atoms. The van der Waals surface area contributed by atoms with Gasteiger partial charge in [-0.25, -0.2) is 0 Å². The third-order valence-electron chi connectivity index (χ3n) is 8.24. The Morgan fingerprint density at radius 2 is 1.53 bits per heavy atom. The second-order valence-corrected chi connectivity index (χ2v) is 11.1. The topological polar surface area (TPSA) is 63.5 Å². The van der Waals surface area contributed by atoms with Gasteiger partial charge in [0, 0.05) is 28.2 Å². The molecule has 4 nitrogen and oxygen atoms in total. The first-order valence-corrected chi connectivity index (χ1v) is 14.7. The third-order valence-corrected chi connectivity index (χ3v) is 8.24. The molecule has 4 heteroatoms. The number of hydrogen-bond donors (Lipinski definition) is 2. The van der Waals surface area contributed by atoms with Crippen LogP contribution in [0.5, 0.6) is 0 Å². The third kappa shape index (κ3) is 5.41. The maximum atomic E-state index is 6.62. The van der Waals surface area contributed by atoms with E-state index in [0.717, 1.165) is 61.1 Å². The van der Waals surface area contributed by atoms with Crippen LogP contribution in [0.25, 0.3) is 33.1 Å². The van der Waals surface area contributed by atoms with Gasteiger partial charge in [0.1, 0.15) is 11.2 Å². The number of nitrogens with two attached hydrogens (primary N) is 1. The molecule has 1 aliphatic carbocycles. The van der Waals surface area contributed by atoms with Crippen LogP contribution in [-0.2, 0) is 0 Å². The number of nitrogens with zero attached hydrogens (tertiary/aromatic N) is 1. The molecule has 1 aliphatic rings. The number of rotatable bonds is 7. The van der Waals surface area contributed by atoms with Gasteiger partial charge in [-0.3, -0.25) is 4.99 Å². The Morgan fingerprint density at radius 1 is 0.791 bits per heavy atom. The van der Waals surface area contributed by atoms with Gasteiger partial charge < -0.3 is 15.5 Å². The van der Waals surface area contributed by atoms with Gasteiger partial charge in [0.25, 0.3) is 0 Å². The quantitative estimate of drug-likeness (QED) is 0.191. The highest BCUT2D eigenvalue weighted by atomic mass is 16.3. The van der Waals surface area contributed by atoms with E-state index in [1.807, 2.05) is 54.7 Å². The van der Waals surface area contributed by atoms with E-state index in [1.54, 1.807) is 0 Å². The van der Waals surface area contributed by atoms with Crippen molar-refractivity contribution in [3.05, 3.63) is 156 Å². The molecule has 0 aliphatic heterocycles. The zero-order valence-electron chi connectivity index (χ0n) is 24.0.